The van der Waals surface area contributed by atoms with Gasteiger partial charge in [0.15, 0.2) is 0 Å². The van der Waals surface area contributed by atoms with Gasteiger partial charge < -0.3 is 5.32 Å². The van der Waals surface area contributed by atoms with Gasteiger partial charge in [0.05, 0.1) is 0 Å². The van der Waals surface area contributed by atoms with Crippen LogP contribution in [0, 0.1) is 5.92 Å². The highest BCUT2D eigenvalue weighted by atomic mass is 35.5. The number of anilines is 1. The molecule has 6 nitrogen and oxygen atoms in total. The van der Waals surface area contributed by atoms with Gasteiger partial charge >= 0.3 is 0 Å². The molecule has 0 amide bonds. The quantitative estimate of drug-likeness (QED) is 0.942. The van der Waals surface area contributed by atoms with Gasteiger partial charge in [-0.3, -0.25) is 0 Å². The van der Waals surface area contributed by atoms with E-state index in [1.165, 1.54) is 19.3 Å². The fourth-order valence-electron chi connectivity index (χ4n) is 2.59. The van der Waals surface area contributed by atoms with E-state index < -0.39 is 0 Å². The summed E-state index contributed by atoms with van der Waals surface area (Å²) in [5.74, 6) is 1.57. The topological polar surface area (TPSA) is 68.5 Å². The molecule has 0 saturated heterocycles. The fraction of sp³-hybridized carbons (Fsp3) is 0.538. The van der Waals surface area contributed by atoms with Crippen molar-refractivity contribution in [1.82, 2.24) is 24.7 Å². The van der Waals surface area contributed by atoms with Crippen molar-refractivity contribution in [3.05, 3.63) is 23.7 Å². The van der Waals surface area contributed by atoms with E-state index in [-0.39, 0.29) is 5.28 Å². The lowest BCUT2D eigenvalue weighted by molar-refractivity contribution is 0.348. The molecule has 1 fully saturated rings. The average Bonchev–Trinajstić information content (AvgIpc) is 2.95. The largest absolute Gasteiger partial charge is 0.351 e. The normalized spacial score (nSPS) is 22.7. The summed E-state index contributed by atoms with van der Waals surface area (Å²) in [6.07, 6.45) is 8.37. The van der Waals surface area contributed by atoms with Gasteiger partial charge in [0.25, 0.3) is 5.95 Å². The number of nitrogens with one attached hydrogen (secondary N) is 1. The van der Waals surface area contributed by atoms with E-state index in [1.807, 2.05) is 6.07 Å². The van der Waals surface area contributed by atoms with E-state index in [2.05, 4.69) is 32.3 Å². The molecule has 2 atom stereocenters. The highest BCUT2D eigenvalue weighted by Gasteiger charge is 2.22. The molecule has 1 aliphatic rings. The second kappa shape index (κ2) is 5.75. The molecule has 1 N–H and O–H groups in total. The zero-order valence-electron chi connectivity index (χ0n) is 11.3. The predicted molar refractivity (Wildman–Crippen MR) is 77.0 cm³/mol. The summed E-state index contributed by atoms with van der Waals surface area (Å²) in [7, 11) is 0. The molecule has 7 heteroatoms. The Morgan fingerprint density at radius 3 is 2.85 bits per heavy atom. The van der Waals surface area contributed by atoms with E-state index in [1.54, 1.807) is 17.1 Å². The van der Waals surface area contributed by atoms with E-state index in [4.69, 9.17) is 11.6 Å². The van der Waals surface area contributed by atoms with Crippen LogP contribution in [0.2, 0.25) is 5.28 Å². The molecule has 0 aliphatic heterocycles. The maximum atomic E-state index is 5.98. The first-order valence-electron chi connectivity index (χ1n) is 6.90. The molecule has 0 bridgehead atoms. The summed E-state index contributed by atoms with van der Waals surface area (Å²) in [6, 6.07) is 2.21. The third-order valence-corrected chi connectivity index (χ3v) is 3.90. The third-order valence-electron chi connectivity index (χ3n) is 3.73. The highest BCUT2D eigenvalue weighted by Crippen LogP contribution is 2.26. The lowest BCUT2D eigenvalue weighted by Gasteiger charge is -2.29. The summed E-state index contributed by atoms with van der Waals surface area (Å²) in [5, 5.41) is 7.67. The SMILES string of the molecule is CC1CCCCC1Nc1nc(Cl)nc(-n2cccn2)n1. The minimum atomic E-state index is 0.177. The molecular formula is C13H17ClN6. The average molecular weight is 293 g/mol. The molecule has 0 spiro atoms. The Balaban J connectivity index is 1.82. The van der Waals surface area contributed by atoms with Crippen molar-refractivity contribution in [2.45, 2.75) is 38.6 Å². The van der Waals surface area contributed by atoms with Gasteiger partial charge in [-0.25, -0.2) is 4.68 Å². The van der Waals surface area contributed by atoms with Crippen LogP contribution in [0.25, 0.3) is 5.95 Å². The minimum absolute atomic E-state index is 0.177. The predicted octanol–water partition coefficient (Wildman–Crippen LogP) is 2.70. The number of hydrogen-bond acceptors (Lipinski definition) is 5. The third kappa shape index (κ3) is 2.90. The molecule has 0 radical (unpaired) electrons. The van der Waals surface area contributed by atoms with E-state index in [9.17, 15) is 0 Å². The van der Waals surface area contributed by atoms with Crippen molar-refractivity contribution >= 4 is 17.5 Å². The van der Waals surface area contributed by atoms with Crippen molar-refractivity contribution in [3.8, 4) is 5.95 Å². The summed E-state index contributed by atoms with van der Waals surface area (Å²) in [6.45, 7) is 2.26. The van der Waals surface area contributed by atoms with Crippen LogP contribution >= 0.6 is 11.6 Å². The van der Waals surface area contributed by atoms with Crippen LogP contribution < -0.4 is 5.32 Å². The molecule has 2 heterocycles. The monoisotopic (exact) mass is 292 g/mol. The van der Waals surface area contributed by atoms with Crippen LogP contribution in [0.5, 0.6) is 0 Å². The lowest BCUT2D eigenvalue weighted by atomic mass is 9.86. The van der Waals surface area contributed by atoms with Crippen LogP contribution in [0.15, 0.2) is 18.5 Å². The Morgan fingerprint density at radius 1 is 1.25 bits per heavy atom. The van der Waals surface area contributed by atoms with Crippen molar-refractivity contribution < 1.29 is 0 Å². The molecule has 1 aliphatic carbocycles. The first-order chi connectivity index (χ1) is 9.72. The Kier molecular flexibility index (Phi) is 3.82. The minimum Gasteiger partial charge on any atom is -0.351 e. The molecule has 2 unspecified atom stereocenters. The van der Waals surface area contributed by atoms with Gasteiger partial charge in [-0.2, -0.15) is 20.1 Å². The van der Waals surface area contributed by atoms with Gasteiger partial charge in [0, 0.05) is 18.4 Å². The van der Waals surface area contributed by atoms with Crippen LogP contribution in [0.1, 0.15) is 32.6 Å². The fourth-order valence-corrected chi connectivity index (χ4v) is 2.75. The molecule has 0 aromatic carbocycles. The second-order valence-electron chi connectivity index (χ2n) is 5.19. The summed E-state index contributed by atoms with van der Waals surface area (Å²) in [4.78, 5) is 12.6. The lowest BCUT2D eigenvalue weighted by Crippen LogP contribution is -2.31. The summed E-state index contributed by atoms with van der Waals surface area (Å²) in [5.41, 5.74) is 0. The molecule has 3 rings (SSSR count). The molecule has 2 aromatic heterocycles. The number of nitrogens with zero attached hydrogens (tertiary/aromatic N) is 5. The van der Waals surface area contributed by atoms with Crippen LogP contribution in [-0.4, -0.2) is 30.8 Å². The van der Waals surface area contributed by atoms with Gasteiger partial charge in [0.1, 0.15) is 0 Å². The van der Waals surface area contributed by atoms with Crippen molar-refractivity contribution in [2.24, 2.45) is 5.92 Å². The van der Waals surface area contributed by atoms with Crippen molar-refractivity contribution in [2.75, 3.05) is 5.32 Å². The molecule has 20 heavy (non-hydrogen) atoms. The van der Waals surface area contributed by atoms with Crippen molar-refractivity contribution in [1.29, 1.82) is 0 Å². The zero-order chi connectivity index (χ0) is 13.9. The van der Waals surface area contributed by atoms with Crippen LogP contribution in [0.3, 0.4) is 0 Å². The van der Waals surface area contributed by atoms with E-state index in [0.29, 0.717) is 23.9 Å². The maximum absolute atomic E-state index is 5.98. The number of rotatable bonds is 3. The maximum Gasteiger partial charge on any atom is 0.256 e. The molecule has 106 valence electrons. The van der Waals surface area contributed by atoms with E-state index in [0.717, 1.165) is 6.42 Å². The summed E-state index contributed by atoms with van der Waals surface area (Å²) >= 11 is 5.98. The molecule has 1 saturated carbocycles. The van der Waals surface area contributed by atoms with Gasteiger partial charge in [-0.1, -0.05) is 19.8 Å². The highest BCUT2D eigenvalue weighted by molar-refractivity contribution is 6.28. The van der Waals surface area contributed by atoms with Gasteiger partial charge in [-0.15, -0.1) is 0 Å². The van der Waals surface area contributed by atoms with E-state index >= 15 is 0 Å². The second-order valence-corrected chi connectivity index (χ2v) is 5.53. The van der Waals surface area contributed by atoms with Crippen molar-refractivity contribution in [3.63, 3.8) is 0 Å². The van der Waals surface area contributed by atoms with Gasteiger partial charge in [0.2, 0.25) is 11.2 Å². The smallest absolute Gasteiger partial charge is 0.256 e. The van der Waals surface area contributed by atoms with Crippen LogP contribution in [-0.2, 0) is 0 Å². The Hall–Kier alpha value is -1.69. The Bertz CT molecular complexity index is 570. The molecule has 2 aromatic rings. The summed E-state index contributed by atoms with van der Waals surface area (Å²) < 4.78 is 1.57. The first-order valence-corrected chi connectivity index (χ1v) is 7.28. The Labute approximate surface area is 122 Å². The first kappa shape index (κ1) is 13.3. The number of hydrogen-bond donors (Lipinski definition) is 1. The number of halogens is 1. The number of aromatic nitrogens is 5. The standard InChI is InChI=1S/C13H17ClN6/c1-9-5-2-3-6-10(9)16-12-17-11(14)18-13(19-12)20-8-4-7-15-20/h4,7-10H,2-3,5-6H2,1H3,(H,16,17,18,19). The zero-order valence-corrected chi connectivity index (χ0v) is 12.1. The Morgan fingerprint density at radius 2 is 2.10 bits per heavy atom. The van der Waals surface area contributed by atoms with Crippen LogP contribution in [0.4, 0.5) is 5.95 Å². The van der Waals surface area contributed by atoms with Gasteiger partial charge in [-0.05, 0) is 36.4 Å². The molecular weight excluding hydrogens is 276 g/mol.